The number of fused-ring (bicyclic) bond motifs is 2. The van der Waals surface area contributed by atoms with Crippen molar-refractivity contribution in [2.45, 2.75) is 65.7 Å². The van der Waals surface area contributed by atoms with Crippen LogP contribution in [0.15, 0.2) is 48.8 Å². The molecule has 52 heavy (non-hydrogen) atoms. The molecule has 4 aromatic rings. The molecule has 0 bridgehead atoms. The Labute approximate surface area is 300 Å². The number of benzene rings is 2. The summed E-state index contributed by atoms with van der Waals surface area (Å²) in [5.74, 6) is 2.10. The minimum absolute atomic E-state index is 0.163. The number of nitrogens with one attached hydrogen (secondary N) is 6. The monoisotopic (exact) mass is 716 g/mol. The molecule has 0 saturated carbocycles. The first kappa shape index (κ1) is 37.2. The molecule has 2 aromatic heterocycles. The molecule has 16 nitrogen and oxygen atoms in total. The zero-order valence-electron chi connectivity index (χ0n) is 30.2. The fourth-order valence-electron chi connectivity index (χ4n) is 5.51. The molecule has 16 heteroatoms. The Balaban J connectivity index is 1.23. The average Bonchev–Trinajstić information content (AvgIpc) is 3.82. The number of carbonyl (C=O) groups excluding carboxylic acids is 4. The van der Waals surface area contributed by atoms with Gasteiger partial charge in [0.2, 0.25) is 11.8 Å². The molecule has 0 radical (unpaired) electrons. The summed E-state index contributed by atoms with van der Waals surface area (Å²) in [6.45, 7) is 10.9. The van der Waals surface area contributed by atoms with E-state index in [1.165, 1.54) is 14.2 Å². The molecule has 0 unspecified atom stereocenters. The molecule has 3 heterocycles. The average molecular weight is 717 g/mol. The second-order valence-corrected chi connectivity index (χ2v) is 13.1. The van der Waals surface area contributed by atoms with E-state index in [4.69, 9.17) is 9.47 Å². The largest absolute Gasteiger partial charge is 0.453 e. The SMILES string of the molecule is COC(=O)N[C@H](C(=O)N[C@@H](C)c1ncc(-c2ccc3c(c2)Oc2ccc(-c4cnc([C@H](C)NC(=O)[C@@H](NC(=O)OC)C(C)C)[nH]4)cc2O3)[nH]1)C(C)C. The fraction of sp³-hybridized carbons (Fsp3) is 0.389. The minimum Gasteiger partial charge on any atom is -0.453 e. The first-order valence-corrected chi connectivity index (χ1v) is 16.8. The van der Waals surface area contributed by atoms with Gasteiger partial charge in [-0.05, 0) is 62.1 Å². The highest BCUT2D eigenvalue weighted by atomic mass is 16.6. The fourth-order valence-corrected chi connectivity index (χ4v) is 5.51. The Kier molecular flexibility index (Phi) is 11.4. The molecule has 0 fully saturated rings. The van der Waals surface area contributed by atoms with Crippen molar-refractivity contribution in [2.24, 2.45) is 11.8 Å². The van der Waals surface area contributed by atoms with Gasteiger partial charge in [-0.1, -0.05) is 27.7 Å². The molecule has 0 spiro atoms. The third-order valence-electron chi connectivity index (χ3n) is 8.49. The summed E-state index contributed by atoms with van der Waals surface area (Å²) in [5.41, 5.74) is 2.99. The van der Waals surface area contributed by atoms with Gasteiger partial charge in [-0.3, -0.25) is 9.59 Å². The third kappa shape index (κ3) is 8.45. The third-order valence-corrected chi connectivity index (χ3v) is 8.49. The van der Waals surface area contributed by atoms with Gasteiger partial charge in [-0.15, -0.1) is 0 Å². The summed E-state index contributed by atoms with van der Waals surface area (Å²) < 4.78 is 21.7. The molecule has 276 valence electrons. The predicted octanol–water partition coefficient (Wildman–Crippen LogP) is 5.48. The number of carbonyl (C=O) groups is 4. The number of alkyl carbamates (subject to hydrolysis) is 2. The Bertz CT molecular complexity index is 1800. The molecule has 5 rings (SSSR count). The van der Waals surface area contributed by atoms with Crippen LogP contribution in [0.3, 0.4) is 0 Å². The van der Waals surface area contributed by atoms with Gasteiger partial charge in [0.05, 0.1) is 50.1 Å². The first-order valence-electron chi connectivity index (χ1n) is 16.8. The number of imidazole rings is 2. The lowest BCUT2D eigenvalue weighted by molar-refractivity contribution is -0.125. The van der Waals surface area contributed by atoms with E-state index in [9.17, 15) is 19.2 Å². The summed E-state index contributed by atoms with van der Waals surface area (Å²) in [7, 11) is 2.49. The van der Waals surface area contributed by atoms with Gasteiger partial charge in [-0.25, -0.2) is 19.6 Å². The predicted molar refractivity (Wildman–Crippen MR) is 190 cm³/mol. The zero-order chi connectivity index (χ0) is 37.7. The van der Waals surface area contributed by atoms with Crippen molar-refractivity contribution in [3.05, 3.63) is 60.4 Å². The molecular weight excluding hydrogens is 672 g/mol. The van der Waals surface area contributed by atoms with E-state index in [1.54, 1.807) is 38.4 Å². The van der Waals surface area contributed by atoms with E-state index in [2.05, 4.69) is 50.7 Å². The molecule has 6 N–H and O–H groups in total. The van der Waals surface area contributed by atoms with Crippen molar-refractivity contribution in [1.29, 1.82) is 0 Å². The Morgan fingerprint density at radius 1 is 0.596 bits per heavy atom. The summed E-state index contributed by atoms with van der Waals surface area (Å²) in [6, 6.07) is 8.52. The number of aromatic amines is 2. The van der Waals surface area contributed by atoms with Gasteiger partial charge in [0, 0.05) is 11.1 Å². The van der Waals surface area contributed by atoms with Crippen LogP contribution in [0, 0.1) is 11.8 Å². The van der Waals surface area contributed by atoms with Crippen LogP contribution in [-0.4, -0.2) is 70.2 Å². The van der Waals surface area contributed by atoms with E-state index in [0.717, 1.165) is 11.1 Å². The van der Waals surface area contributed by atoms with Crippen molar-refractivity contribution in [3.63, 3.8) is 0 Å². The highest BCUT2D eigenvalue weighted by Gasteiger charge is 2.28. The van der Waals surface area contributed by atoms with Gasteiger partial charge in [0.25, 0.3) is 0 Å². The lowest BCUT2D eigenvalue weighted by Gasteiger charge is -2.23. The van der Waals surface area contributed by atoms with Crippen LogP contribution in [0.1, 0.15) is 65.3 Å². The number of H-pyrrole nitrogens is 2. The molecule has 1 aliphatic heterocycles. The number of rotatable bonds is 12. The number of nitrogens with zero attached hydrogens (tertiary/aromatic N) is 2. The second kappa shape index (κ2) is 15.9. The Hall–Kier alpha value is -6.06. The van der Waals surface area contributed by atoms with Crippen LogP contribution in [0.5, 0.6) is 23.0 Å². The van der Waals surface area contributed by atoms with Crippen LogP contribution in [-0.2, 0) is 19.1 Å². The quantitative estimate of drug-likeness (QED) is 0.0957. The number of hydrogen-bond donors (Lipinski definition) is 6. The Morgan fingerprint density at radius 3 is 1.33 bits per heavy atom. The van der Waals surface area contributed by atoms with Crippen LogP contribution in [0.2, 0.25) is 0 Å². The minimum atomic E-state index is -0.775. The summed E-state index contributed by atoms with van der Waals surface area (Å²) in [4.78, 5) is 64.7. The maximum Gasteiger partial charge on any atom is 0.407 e. The maximum atomic E-state index is 12.9. The summed E-state index contributed by atoms with van der Waals surface area (Å²) >= 11 is 0. The smallest absolute Gasteiger partial charge is 0.407 e. The lowest BCUT2D eigenvalue weighted by atomic mass is 10.0. The van der Waals surface area contributed by atoms with Gasteiger partial charge < -0.3 is 50.2 Å². The number of methoxy groups -OCH3 is 2. The van der Waals surface area contributed by atoms with Crippen LogP contribution in [0.25, 0.3) is 22.5 Å². The van der Waals surface area contributed by atoms with E-state index in [-0.39, 0.29) is 23.7 Å². The molecule has 4 amide bonds. The highest BCUT2D eigenvalue weighted by Crippen LogP contribution is 2.47. The standard InChI is InChI=1S/C36H44N8O8/c1-17(2)29(43-35(47)49-7)33(45)39-19(5)31-37-15-23(41-31)21-9-11-25-27(13-21)51-26-12-10-22(14-28(26)52-25)24-16-38-32(42-24)20(6)40-34(46)30(18(3)4)44-36(48)50-8/h9-20,29-30H,1-8H3,(H,37,41)(H,38,42)(H,39,45)(H,40,46)(H,43,47)(H,44,48)/t19-,20-,29-,30-/m0/s1. The number of aromatic nitrogens is 4. The zero-order valence-corrected chi connectivity index (χ0v) is 30.2. The summed E-state index contributed by atoms with van der Waals surface area (Å²) in [6.07, 6.45) is 1.97. The van der Waals surface area contributed by atoms with E-state index in [1.807, 2.05) is 52.0 Å². The molecule has 2 aromatic carbocycles. The van der Waals surface area contributed by atoms with Crippen molar-refractivity contribution in [2.75, 3.05) is 14.2 Å². The molecule has 4 atom stereocenters. The van der Waals surface area contributed by atoms with E-state index < -0.39 is 36.4 Å². The molecule has 1 aliphatic rings. The van der Waals surface area contributed by atoms with Crippen LogP contribution in [0.4, 0.5) is 9.59 Å². The molecule has 0 saturated heterocycles. The van der Waals surface area contributed by atoms with Crippen LogP contribution < -0.4 is 30.7 Å². The maximum absolute atomic E-state index is 12.9. The van der Waals surface area contributed by atoms with Crippen molar-refractivity contribution < 1.29 is 38.1 Å². The lowest BCUT2D eigenvalue weighted by Crippen LogP contribution is -2.50. The van der Waals surface area contributed by atoms with Crippen molar-refractivity contribution in [1.82, 2.24) is 41.2 Å². The molecule has 0 aliphatic carbocycles. The molecular formula is C36H44N8O8. The summed E-state index contributed by atoms with van der Waals surface area (Å²) in [5, 5.41) is 10.9. The van der Waals surface area contributed by atoms with Crippen LogP contribution >= 0.6 is 0 Å². The van der Waals surface area contributed by atoms with E-state index >= 15 is 0 Å². The first-order chi connectivity index (χ1) is 24.8. The van der Waals surface area contributed by atoms with Gasteiger partial charge in [0.15, 0.2) is 23.0 Å². The van der Waals surface area contributed by atoms with E-state index in [0.29, 0.717) is 46.0 Å². The number of ether oxygens (including phenoxy) is 4. The van der Waals surface area contributed by atoms with Crippen molar-refractivity contribution in [3.8, 4) is 45.5 Å². The van der Waals surface area contributed by atoms with Gasteiger partial charge in [0.1, 0.15) is 23.7 Å². The number of amides is 4. The highest BCUT2D eigenvalue weighted by molar-refractivity contribution is 5.86. The topological polar surface area (TPSA) is 211 Å². The number of hydrogen-bond acceptors (Lipinski definition) is 10. The Morgan fingerprint density at radius 2 is 0.981 bits per heavy atom. The van der Waals surface area contributed by atoms with Crippen molar-refractivity contribution >= 4 is 24.0 Å². The second-order valence-electron chi connectivity index (χ2n) is 13.1. The van der Waals surface area contributed by atoms with Gasteiger partial charge in [-0.2, -0.15) is 0 Å². The normalized spacial score (nSPS) is 14.0. The van der Waals surface area contributed by atoms with Gasteiger partial charge >= 0.3 is 12.2 Å².